The summed E-state index contributed by atoms with van der Waals surface area (Å²) in [6.45, 7) is 3.28. The van der Waals surface area contributed by atoms with E-state index in [9.17, 15) is 4.39 Å². The van der Waals surface area contributed by atoms with Gasteiger partial charge in [-0.3, -0.25) is 9.88 Å². The van der Waals surface area contributed by atoms with Crippen LogP contribution in [0.5, 0.6) is 6.01 Å². The minimum Gasteiger partial charge on any atom is -0.461 e. The van der Waals surface area contributed by atoms with Crippen LogP contribution >= 0.6 is 0 Å². The Labute approximate surface area is 228 Å². The molecule has 39 heavy (non-hydrogen) atoms. The molecule has 7 nitrogen and oxygen atoms in total. The number of halogens is 2. The van der Waals surface area contributed by atoms with Crippen molar-refractivity contribution in [1.82, 2.24) is 25.2 Å². The van der Waals surface area contributed by atoms with Crippen molar-refractivity contribution in [3.8, 4) is 17.3 Å². The molecule has 6 heterocycles. The van der Waals surface area contributed by atoms with E-state index in [1.165, 1.54) is 11.1 Å². The zero-order chi connectivity index (χ0) is 26.1. The molecule has 4 aliphatic heterocycles. The van der Waals surface area contributed by atoms with Gasteiger partial charge in [0, 0.05) is 51.3 Å². The lowest BCUT2D eigenvalue weighted by atomic mass is 9.95. The van der Waals surface area contributed by atoms with Crippen LogP contribution in [0.4, 0.5) is 14.6 Å². The van der Waals surface area contributed by atoms with Crippen LogP contribution < -0.4 is 15.0 Å². The van der Waals surface area contributed by atoms with E-state index >= 15 is 4.39 Å². The SMILES string of the molecule is Fc1c(-c2cccc3c2CCC3)ncc2c(N3CC4CCC(C3)N4)nc(OC[C@@]34CCCN3C[C@H](F)C4)nc12.[HH]. The molecule has 4 fully saturated rings. The number of rotatable bonds is 5. The van der Waals surface area contributed by atoms with Gasteiger partial charge in [0.1, 0.15) is 29.8 Å². The van der Waals surface area contributed by atoms with E-state index in [-0.39, 0.29) is 18.5 Å². The molecule has 5 aliphatic rings. The van der Waals surface area contributed by atoms with E-state index in [1.807, 2.05) is 12.1 Å². The fourth-order valence-electron chi connectivity index (χ4n) is 7.97. The van der Waals surface area contributed by atoms with Crippen molar-refractivity contribution < 1.29 is 14.9 Å². The Morgan fingerprint density at radius 2 is 1.97 bits per heavy atom. The molecule has 2 bridgehead atoms. The summed E-state index contributed by atoms with van der Waals surface area (Å²) in [6, 6.07) is 7.05. The zero-order valence-corrected chi connectivity index (χ0v) is 22.1. The van der Waals surface area contributed by atoms with Crippen LogP contribution in [0, 0.1) is 5.82 Å². The second-order valence-corrected chi connectivity index (χ2v) is 12.2. The quantitative estimate of drug-likeness (QED) is 0.519. The van der Waals surface area contributed by atoms with Gasteiger partial charge in [-0.05, 0) is 62.6 Å². The number of aryl methyl sites for hydroxylation is 1. The highest BCUT2D eigenvalue weighted by Gasteiger charge is 2.49. The molecular weight excluding hydrogens is 498 g/mol. The minimum atomic E-state index is -0.836. The first kappa shape index (κ1) is 23.9. The third-order valence-electron chi connectivity index (χ3n) is 9.79. The maximum Gasteiger partial charge on any atom is 0.319 e. The van der Waals surface area contributed by atoms with E-state index in [1.54, 1.807) is 6.20 Å². The molecule has 3 aromatic rings. The van der Waals surface area contributed by atoms with Crippen molar-refractivity contribution in [2.24, 2.45) is 0 Å². The monoisotopic (exact) mass is 534 g/mol. The molecule has 0 amide bonds. The fourth-order valence-corrected chi connectivity index (χ4v) is 7.97. The van der Waals surface area contributed by atoms with E-state index in [0.29, 0.717) is 48.6 Å². The summed E-state index contributed by atoms with van der Waals surface area (Å²) in [5, 5.41) is 4.28. The number of hydrogen-bond acceptors (Lipinski definition) is 7. The third-order valence-corrected chi connectivity index (χ3v) is 9.79. The number of aromatic nitrogens is 3. The maximum absolute atomic E-state index is 16.4. The largest absolute Gasteiger partial charge is 0.461 e. The summed E-state index contributed by atoms with van der Waals surface area (Å²) in [5.74, 6) is 0.255. The van der Waals surface area contributed by atoms with Gasteiger partial charge in [-0.25, -0.2) is 8.78 Å². The molecule has 0 spiro atoms. The first-order chi connectivity index (χ1) is 19.1. The number of hydrogen-bond donors (Lipinski definition) is 1. The van der Waals surface area contributed by atoms with Gasteiger partial charge in [0.25, 0.3) is 0 Å². The van der Waals surface area contributed by atoms with Gasteiger partial charge < -0.3 is 15.0 Å². The number of pyridine rings is 1. The number of benzene rings is 1. The second-order valence-electron chi connectivity index (χ2n) is 12.2. The number of piperazine rings is 1. The van der Waals surface area contributed by atoms with Crippen LogP contribution in [-0.4, -0.2) is 76.4 Å². The van der Waals surface area contributed by atoms with E-state index in [2.05, 4.69) is 31.2 Å². The number of anilines is 1. The lowest BCUT2D eigenvalue weighted by molar-refractivity contribution is 0.107. The third kappa shape index (κ3) is 3.91. The maximum atomic E-state index is 16.4. The molecule has 0 saturated carbocycles. The summed E-state index contributed by atoms with van der Waals surface area (Å²) in [6.07, 6.45) is 8.61. The van der Waals surface area contributed by atoms with Crippen LogP contribution in [0.2, 0.25) is 0 Å². The van der Waals surface area contributed by atoms with Crippen LogP contribution in [-0.2, 0) is 12.8 Å². The van der Waals surface area contributed by atoms with Crippen molar-refractivity contribution in [2.45, 2.75) is 75.2 Å². The molecule has 4 saturated heterocycles. The second kappa shape index (κ2) is 9.06. The number of fused-ring (bicyclic) bond motifs is 5. The Morgan fingerprint density at radius 1 is 1.10 bits per heavy atom. The van der Waals surface area contributed by atoms with Gasteiger partial charge in [-0.2, -0.15) is 9.97 Å². The van der Waals surface area contributed by atoms with Gasteiger partial charge in [-0.1, -0.05) is 18.2 Å². The summed E-state index contributed by atoms with van der Waals surface area (Å²) < 4.78 is 37.1. The summed E-state index contributed by atoms with van der Waals surface area (Å²) in [7, 11) is 0. The zero-order valence-electron chi connectivity index (χ0n) is 22.1. The van der Waals surface area contributed by atoms with Gasteiger partial charge in [-0.15, -0.1) is 0 Å². The lowest BCUT2D eigenvalue weighted by Gasteiger charge is -2.34. The van der Waals surface area contributed by atoms with Crippen LogP contribution in [0.25, 0.3) is 22.2 Å². The summed E-state index contributed by atoms with van der Waals surface area (Å²) >= 11 is 0. The van der Waals surface area contributed by atoms with E-state index in [0.717, 1.165) is 70.1 Å². The van der Waals surface area contributed by atoms with E-state index < -0.39 is 12.0 Å². The van der Waals surface area contributed by atoms with E-state index in [4.69, 9.17) is 9.72 Å². The predicted octanol–water partition coefficient (Wildman–Crippen LogP) is 4.46. The topological polar surface area (TPSA) is 66.4 Å². The van der Waals surface area contributed by atoms with Crippen LogP contribution in [0.1, 0.15) is 51.1 Å². The normalized spacial score (nSPS) is 29.8. The highest BCUT2D eigenvalue weighted by atomic mass is 19.1. The minimum absolute atomic E-state index is 0. The highest BCUT2D eigenvalue weighted by Crippen LogP contribution is 2.41. The van der Waals surface area contributed by atoms with Gasteiger partial charge >= 0.3 is 6.01 Å². The Hall–Kier alpha value is -2.91. The van der Waals surface area contributed by atoms with Crippen molar-refractivity contribution >= 4 is 16.7 Å². The number of ether oxygens (including phenoxy) is 1. The fraction of sp³-hybridized carbons (Fsp3) is 0.567. The first-order valence-electron chi connectivity index (χ1n) is 14.6. The number of nitrogens with one attached hydrogen (secondary N) is 1. The summed E-state index contributed by atoms with van der Waals surface area (Å²) in [5.41, 5.74) is 3.59. The van der Waals surface area contributed by atoms with Crippen molar-refractivity contribution in [3.05, 3.63) is 41.3 Å². The number of alkyl halides is 1. The smallest absolute Gasteiger partial charge is 0.319 e. The molecule has 8 rings (SSSR count). The molecule has 2 aromatic heterocycles. The molecular formula is C30H36F2N6O. The molecule has 4 atom stereocenters. The lowest BCUT2D eigenvalue weighted by Crippen LogP contribution is -2.51. The molecule has 0 radical (unpaired) electrons. The first-order valence-corrected chi connectivity index (χ1v) is 14.6. The number of nitrogens with zero attached hydrogens (tertiary/aromatic N) is 5. The molecule has 1 aliphatic carbocycles. The van der Waals surface area contributed by atoms with Gasteiger partial charge in [0.05, 0.1) is 10.9 Å². The van der Waals surface area contributed by atoms with Crippen molar-refractivity contribution in [1.29, 1.82) is 0 Å². The van der Waals surface area contributed by atoms with Crippen molar-refractivity contribution in [3.63, 3.8) is 0 Å². The van der Waals surface area contributed by atoms with Gasteiger partial charge in [0.2, 0.25) is 0 Å². The predicted molar refractivity (Wildman–Crippen MR) is 148 cm³/mol. The molecule has 2 unspecified atom stereocenters. The Balaban J connectivity index is 0.00000264. The average molecular weight is 535 g/mol. The highest BCUT2D eigenvalue weighted by molar-refractivity contribution is 5.92. The Kier molecular flexibility index (Phi) is 5.56. The van der Waals surface area contributed by atoms with Crippen LogP contribution in [0.3, 0.4) is 0 Å². The van der Waals surface area contributed by atoms with Gasteiger partial charge in [0.15, 0.2) is 5.82 Å². The molecule has 1 N–H and O–H groups in total. The summed E-state index contributed by atoms with van der Waals surface area (Å²) in [4.78, 5) is 18.6. The molecule has 1 aromatic carbocycles. The molecule has 206 valence electrons. The van der Waals surface area contributed by atoms with Crippen molar-refractivity contribution in [2.75, 3.05) is 37.7 Å². The Morgan fingerprint density at radius 3 is 2.85 bits per heavy atom. The van der Waals surface area contributed by atoms with Crippen LogP contribution in [0.15, 0.2) is 24.4 Å². The standard InChI is InChI=1S/C30H34F2N6O.H2/c31-19-12-30(10-3-11-38(30)14-19)17-39-29-35-27-24(28(36-29)37-15-20-8-9-21(16-37)34-20)13-33-26(25(27)32)23-7-2-5-18-4-1-6-22(18)23;/h2,5,7,13,19-21,34H,1,3-4,6,8-12,14-17H2;1H/t19-,20?,21?,30+;/m1./s1. The molecule has 9 heteroatoms. The Bertz CT molecular complexity index is 1450. The average Bonchev–Trinajstić information content (AvgIpc) is 3.71.